The summed E-state index contributed by atoms with van der Waals surface area (Å²) in [5.74, 6) is 0. The molecule has 0 saturated carbocycles. The summed E-state index contributed by atoms with van der Waals surface area (Å²) in [6.07, 6.45) is 0. The third kappa shape index (κ3) is 7.84. The van der Waals surface area contributed by atoms with Crippen molar-refractivity contribution >= 4 is 95.0 Å². The first-order valence-corrected chi connectivity index (χ1v) is 25.6. The molecule has 8 aromatic carbocycles. The van der Waals surface area contributed by atoms with Gasteiger partial charge in [-0.25, -0.2) is 0 Å². The molecule has 2 aliphatic heterocycles. The summed E-state index contributed by atoms with van der Waals surface area (Å²) >= 11 is 1.88. The third-order valence-corrected chi connectivity index (χ3v) is 15.7. The number of rotatable bonds is 6. The van der Waals surface area contributed by atoms with Crippen LogP contribution in [0.15, 0.2) is 170 Å². The highest BCUT2D eigenvalue weighted by atomic mass is 32.1. The maximum absolute atomic E-state index is 8.30. The fraction of sp³-hybridized carbons (Fsp3) is 0.231. The van der Waals surface area contributed by atoms with Gasteiger partial charge in [0, 0.05) is 48.5 Å². The standard InChI is InChI=1S/C65H64BN3S/c1-41-18-27-48(28-19-41)67(49-29-20-42(2)21-30-49)51-39-57-61-58(40-51)69(55-33-25-46(64(7,8)9)37-52(55)44-16-14-13-15-17-44)62-60(53-36-43(3)22-35-59(53)70-62)66(61)54-38-47(65(10,11)12)26-34-56(54)68(57)50-31-23-45(24-32-50)63(4,5)6/h13-40H,1-12H3/i1D3. The van der Waals surface area contributed by atoms with E-state index < -0.39 is 6.85 Å². The van der Waals surface area contributed by atoms with Crippen LogP contribution in [0.3, 0.4) is 0 Å². The van der Waals surface area contributed by atoms with Crippen molar-refractivity contribution in [2.24, 2.45) is 0 Å². The van der Waals surface area contributed by atoms with E-state index in [0.29, 0.717) is 5.56 Å². The molecule has 0 aliphatic carbocycles. The first kappa shape index (κ1) is 42.1. The van der Waals surface area contributed by atoms with Crippen LogP contribution in [0, 0.1) is 20.7 Å². The van der Waals surface area contributed by atoms with E-state index in [1.54, 1.807) is 12.1 Å². The molecule has 0 bridgehead atoms. The SMILES string of the molecule is [2H]C([2H])([2H])c1ccc(N(c2ccc(C)cc2)c2cc3c4c(c2)N(c2ccc(C(C)(C)C)cc2-c2ccccc2)c2sc5ccc(C)cc5c2B4c2cc(C(C)(C)C)ccc2N3c2ccc(C(C)(C)C)cc2)cc1. The number of fused-ring (bicyclic) bond motifs is 6. The van der Waals surface area contributed by atoms with Crippen LogP contribution < -0.4 is 31.1 Å². The molecule has 0 N–H and O–H groups in total. The molecule has 0 radical (unpaired) electrons. The second kappa shape index (κ2) is 16.7. The molecule has 0 unspecified atom stereocenters. The molecule has 0 saturated heterocycles. The Hall–Kier alpha value is -6.82. The number of hydrogen-bond donors (Lipinski definition) is 0. The van der Waals surface area contributed by atoms with Crippen LogP contribution in [0.5, 0.6) is 0 Å². The second-order valence-electron chi connectivity index (χ2n) is 22.7. The van der Waals surface area contributed by atoms with Gasteiger partial charge in [0.15, 0.2) is 0 Å². The molecule has 2 aliphatic rings. The van der Waals surface area contributed by atoms with Gasteiger partial charge in [0.05, 0.1) is 16.4 Å². The molecule has 70 heavy (non-hydrogen) atoms. The Labute approximate surface area is 425 Å². The van der Waals surface area contributed by atoms with Crippen molar-refractivity contribution in [3.63, 3.8) is 0 Å². The summed E-state index contributed by atoms with van der Waals surface area (Å²) in [7, 11) is 0. The van der Waals surface area contributed by atoms with Crippen LogP contribution in [0.4, 0.5) is 50.5 Å². The summed E-state index contributed by atoms with van der Waals surface area (Å²) in [6, 6.07) is 62.3. The van der Waals surface area contributed by atoms with E-state index in [1.807, 2.05) is 23.5 Å². The predicted molar refractivity (Wildman–Crippen MR) is 306 cm³/mol. The molecule has 11 rings (SSSR count). The van der Waals surface area contributed by atoms with Crippen LogP contribution in [0.25, 0.3) is 21.2 Å². The topological polar surface area (TPSA) is 9.72 Å². The van der Waals surface area contributed by atoms with Gasteiger partial charge in [-0.2, -0.15) is 0 Å². The Morgan fingerprint density at radius 2 is 1.03 bits per heavy atom. The van der Waals surface area contributed by atoms with E-state index in [4.69, 9.17) is 4.11 Å². The second-order valence-corrected chi connectivity index (χ2v) is 23.7. The molecule has 3 nitrogen and oxygen atoms in total. The first-order valence-electron chi connectivity index (χ1n) is 26.3. The lowest BCUT2D eigenvalue weighted by molar-refractivity contribution is 0.590. The molecule has 9 aromatic rings. The van der Waals surface area contributed by atoms with Crippen molar-refractivity contribution in [2.75, 3.05) is 14.7 Å². The maximum Gasteiger partial charge on any atom is 0.254 e. The van der Waals surface area contributed by atoms with Crippen LogP contribution in [0.1, 0.15) is 99.8 Å². The van der Waals surface area contributed by atoms with Crippen molar-refractivity contribution < 1.29 is 4.11 Å². The molecular weight excluding hydrogens is 866 g/mol. The van der Waals surface area contributed by atoms with Gasteiger partial charge in [-0.1, -0.05) is 176 Å². The zero-order chi connectivity index (χ0) is 51.5. The molecule has 0 fully saturated rings. The van der Waals surface area contributed by atoms with Gasteiger partial charge < -0.3 is 14.7 Å². The number of nitrogens with zero attached hydrogens (tertiary/aromatic N) is 3. The predicted octanol–water partition coefficient (Wildman–Crippen LogP) is 16.9. The summed E-state index contributed by atoms with van der Waals surface area (Å²) in [4.78, 5) is 7.41. The van der Waals surface area contributed by atoms with E-state index in [1.165, 1.54) is 59.3 Å². The number of thiophene rings is 1. The minimum Gasteiger partial charge on any atom is -0.311 e. The fourth-order valence-electron chi connectivity index (χ4n) is 10.6. The Balaban J connectivity index is 1.31. The highest BCUT2D eigenvalue weighted by molar-refractivity contribution is 7.26. The maximum atomic E-state index is 8.30. The minimum atomic E-state index is -2.23. The van der Waals surface area contributed by atoms with E-state index in [-0.39, 0.29) is 23.0 Å². The summed E-state index contributed by atoms with van der Waals surface area (Å²) in [6.45, 7) is 22.7. The third-order valence-electron chi connectivity index (χ3n) is 14.5. The average molecular weight is 933 g/mol. The monoisotopic (exact) mass is 933 g/mol. The lowest BCUT2D eigenvalue weighted by atomic mass is 9.33. The summed E-state index contributed by atoms with van der Waals surface area (Å²) < 4.78 is 26.1. The van der Waals surface area contributed by atoms with E-state index >= 15 is 0 Å². The number of aryl methyl sites for hydroxylation is 3. The molecule has 0 amide bonds. The quantitative estimate of drug-likeness (QED) is 0.154. The summed E-state index contributed by atoms with van der Waals surface area (Å²) in [5, 5.41) is 2.50. The van der Waals surface area contributed by atoms with Gasteiger partial charge in [-0.3, -0.25) is 0 Å². The number of benzene rings is 8. The first-order chi connectivity index (χ1) is 34.5. The average Bonchev–Trinajstić information content (AvgIpc) is 3.71. The van der Waals surface area contributed by atoms with Gasteiger partial charge in [0.1, 0.15) is 0 Å². The molecule has 348 valence electrons. The molecule has 0 spiro atoms. The molecule has 5 heteroatoms. The molecule has 0 atom stereocenters. The van der Waals surface area contributed by atoms with E-state index in [0.717, 1.165) is 56.6 Å². The van der Waals surface area contributed by atoms with Gasteiger partial charge in [-0.05, 0) is 154 Å². The largest absolute Gasteiger partial charge is 0.311 e. The normalized spacial score (nSPS) is 14.2. The van der Waals surface area contributed by atoms with Gasteiger partial charge in [0.2, 0.25) is 0 Å². The van der Waals surface area contributed by atoms with Crippen molar-refractivity contribution in [3.05, 3.63) is 203 Å². The molecule has 1 aromatic heterocycles. The van der Waals surface area contributed by atoms with Crippen LogP contribution in [-0.2, 0) is 16.2 Å². The number of anilines is 9. The van der Waals surface area contributed by atoms with Crippen LogP contribution >= 0.6 is 11.3 Å². The zero-order valence-corrected chi connectivity index (χ0v) is 43.3. The Bertz CT molecular complexity index is 3580. The minimum absolute atomic E-state index is 0.0260. The van der Waals surface area contributed by atoms with Gasteiger partial charge in [-0.15, -0.1) is 11.3 Å². The zero-order valence-electron chi connectivity index (χ0n) is 45.5. The van der Waals surface area contributed by atoms with Crippen molar-refractivity contribution in [1.82, 2.24) is 0 Å². The summed E-state index contributed by atoms with van der Waals surface area (Å²) in [5.41, 5.74) is 20.9. The van der Waals surface area contributed by atoms with Crippen molar-refractivity contribution in [1.29, 1.82) is 0 Å². The van der Waals surface area contributed by atoms with Crippen molar-refractivity contribution in [3.8, 4) is 11.1 Å². The van der Waals surface area contributed by atoms with Crippen molar-refractivity contribution in [2.45, 2.75) is 99.3 Å². The lowest BCUT2D eigenvalue weighted by Gasteiger charge is -2.45. The molecule has 3 heterocycles. The number of hydrogen-bond acceptors (Lipinski definition) is 4. The highest BCUT2D eigenvalue weighted by Crippen LogP contribution is 2.53. The van der Waals surface area contributed by atoms with Gasteiger partial charge in [0.25, 0.3) is 6.71 Å². The smallest absolute Gasteiger partial charge is 0.254 e. The highest BCUT2D eigenvalue weighted by Gasteiger charge is 2.46. The fourth-order valence-corrected chi connectivity index (χ4v) is 11.9. The van der Waals surface area contributed by atoms with E-state index in [9.17, 15) is 0 Å². The molecular formula is C65H64BN3S. The Morgan fingerprint density at radius 1 is 0.471 bits per heavy atom. The van der Waals surface area contributed by atoms with Gasteiger partial charge >= 0.3 is 0 Å². The Morgan fingerprint density at radius 3 is 1.64 bits per heavy atom. The lowest BCUT2D eigenvalue weighted by Crippen LogP contribution is -2.61. The Kier molecular flexibility index (Phi) is 10.0. The van der Waals surface area contributed by atoms with Crippen LogP contribution in [-0.4, -0.2) is 6.71 Å². The van der Waals surface area contributed by atoms with Crippen LogP contribution in [0.2, 0.25) is 0 Å². The van der Waals surface area contributed by atoms with E-state index in [2.05, 4.69) is 236 Å².